The van der Waals surface area contributed by atoms with Crippen molar-refractivity contribution < 1.29 is 14.7 Å². The molecule has 1 aromatic rings. The summed E-state index contributed by atoms with van der Waals surface area (Å²) in [5, 5.41) is 12.1. The molecule has 0 aliphatic carbocycles. The van der Waals surface area contributed by atoms with Gasteiger partial charge in [0.25, 0.3) is 0 Å². The van der Waals surface area contributed by atoms with Crippen molar-refractivity contribution in [2.24, 2.45) is 0 Å². The second kappa shape index (κ2) is 9.95. The molecule has 0 bridgehead atoms. The Hall–Kier alpha value is -1.88. The second-order valence-electron chi connectivity index (χ2n) is 5.29. The van der Waals surface area contributed by atoms with Gasteiger partial charge in [-0.25, -0.2) is 0 Å². The van der Waals surface area contributed by atoms with Crippen LogP contribution in [0, 0.1) is 0 Å². The van der Waals surface area contributed by atoms with Crippen LogP contribution in [0.25, 0.3) is 0 Å². The number of nitrogens with one attached hydrogen (secondary N) is 1. The van der Waals surface area contributed by atoms with Gasteiger partial charge in [0.2, 0.25) is 11.8 Å². The lowest BCUT2D eigenvalue weighted by Crippen LogP contribution is -2.51. The van der Waals surface area contributed by atoms with Gasteiger partial charge in [0, 0.05) is 13.1 Å². The third-order valence-corrected chi connectivity index (χ3v) is 3.32. The van der Waals surface area contributed by atoms with Crippen LogP contribution in [0.15, 0.2) is 30.3 Å². The number of amides is 2. The molecule has 2 N–H and O–H groups in total. The molecule has 1 atom stereocenters. The van der Waals surface area contributed by atoms with Crippen LogP contribution in [0.1, 0.15) is 32.3 Å². The van der Waals surface area contributed by atoms with Gasteiger partial charge in [-0.2, -0.15) is 0 Å². The molecule has 5 nitrogen and oxygen atoms in total. The molecule has 0 fully saturated rings. The molecule has 0 radical (unpaired) electrons. The highest BCUT2D eigenvalue weighted by molar-refractivity contribution is 5.88. The molecular weight excluding hydrogens is 280 g/mol. The number of aliphatic hydroxyl groups is 1. The molecule has 1 rings (SSSR count). The van der Waals surface area contributed by atoms with Gasteiger partial charge in [-0.05, 0) is 18.4 Å². The molecule has 122 valence electrons. The van der Waals surface area contributed by atoms with E-state index >= 15 is 0 Å². The average molecular weight is 306 g/mol. The molecule has 0 unspecified atom stereocenters. The van der Waals surface area contributed by atoms with Crippen LogP contribution in [0.4, 0.5) is 0 Å². The SMILES string of the molecule is CCCN(CCC)C(=O)[C@H](CO)NC(=O)Cc1ccccc1. The highest BCUT2D eigenvalue weighted by atomic mass is 16.3. The normalized spacial score (nSPS) is 11.8. The van der Waals surface area contributed by atoms with Gasteiger partial charge < -0.3 is 15.3 Å². The number of aliphatic hydroxyl groups excluding tert-OH is 1. The lowest BCUT2D eigenvalue weighted by atomic mass is 10.1. The fourth-order valence-corrected chi connectivity index (χ4v) is 2.30. The fourth-order valence-electron chi connectivity index (χ4n) is 2.30. The zero-order valence-corrected chi connectivity index (χ0v) is 13.4. The van der Waals surface area contributed by atoms with Crippen molar-refractivity contribution in [1.29, 1.82) is 0 Å². The maximum absolute atomic E-state index is 12.4. The molecule has 22 heavy (non-hydrogen) atoms. The largest absolute Gasteiger partial charge is 0.394 e. The first-order valence-corrected chi connectivity index (χ1v) is 7.85. The molecule has 0 saturated carbocycles. The van der Waals surface area contributed by atoms with E-state index in [1.165, 1.54) is 0 Å². The van der Waals surface area contributed by atoms with Crippen molar-refractivity contribution >= 4 is 11.8 Å². The Labute approximate surface area is 132 Å². The summed E-state index contributed by atoms with van der Waals surface area (Å²) >= 11 is 0. The smallest absolute Gasteiger partial charge is 0.247 e. The number of rotatable bonds is 9. The fraction of sp³-hybridized carbons (Fsp3) is 0.529. The van der Waals surface area contributed by atoms with Crippen LogP contribution in [0.2, 0.25) is 0 Å². The zero-order chi connectivity index (χ0) is 16.4. The number of nitrogens with zero attached hydrogens (tertiary/aromatic N) is 1. The first kappa shape index (κ1) is 18.2. The van der Waals surface area contributed by atoms with E-state index in [0.29, 0.717) is 13.1 Å². The van der Waals surface area contributed by atoms with E-state index in [0.717, 1.165) is 18.4 Å². The quantitative estimate of drug-likeness (QED) is 0.723. The third kappa shape index (κ3) is 5.85. The van der Waals surface area contributed by atoms with Crippen LogP contribution in [0.3, 0.4) is 0 Å². The molecule has 0 aromatic heterocycles. The van der Waals surface area contributed by atoms with Crippen LogP contribution in [0.5, 0.6) is 0 Å². The predicted octanol–water partition coefficient (Wildman–Crippen LogP) is 1.35. The number of carbonyl (C=O) groups excluding carboxylic acids is 2. The van der Waals surface area contributed by atoms with Crippen molar-refractivity contribution in [3.05, 3.63) is 35.9 Å². The van der Waals surface area contributed by atoms with Gasteiger partial charge in [0.05, 0.1) is 13.0 Å². The van der Waals surface area contributed by atoms with Crippen molar-refractivity contribution in [3.8, 4) is 0 Å². The topological polar surface area (TPSA) is 69.6 Å². The van der Waals surface area contributed by atoms with Crippen LogP contribution in [-0.2, 0) is 16.0 Å². The predicted molar refractivity (Wildman–Crippen MR) is 86.3 cm³/mol. The summed E-state index contributed by atoms with van der Waals surface area (Å²) in [5.41, 5.74) is 0.878. The first-order chi connectivity index (χ1) is 10.6. The maximum atomic E-state index is 12.4. The number of benzene rings is 1. The highest BCUT2D eigenvalue weighted by Crippen LogP contribution is 2.02. The minimum Gasteiger partial charge on any atom is -0.394 e. The summed E-state index contributed by atoms with van der Waals surface area (Å²) < 4.78 is 0. The van der Waals surface area contributed by atoms with Crippen molar-refractivity contribution in [3.63, 3.8) is 0 Å². The lowest BCUT2D eigenvalue weighted by Gasteiger charge is -2.26. The summed E-state index contributed by atoms with van der Waals surface area (Å²) in [4.78, 5) is 26.1. The molecule has 5 heteroatoms. The standard InChI is InChI=1S/C17H26N2O3/c1-3-10-19(11-4-2)17(22)15(13-20)18-16(21)12-14-8-6-5-7-9-14/h5-9,15,20H,3-4,10-13H2,1-2H3,(H,18,21)/t15-/m0/s1. The summed E-state index contributed by atoms with van der Waals surface area (Å²) in [6.45, 7) is 4.88. The molecule has 0 heterocycles. The average Bonchev–Trinajstić information content (AvgIpc) is 2.52. The molecule has 0 saturated heterocycles. The third-order valence-electron chi connectivity index (χ3n) is 3.32. The minimum absolute atomic E-state index is 0.201. The molecule has 1 aromatic carbocycles. The molecule has 2 amide bonds. The molecular formula is C17H26N2O3. The molecule has 0 aliphatic rings. The van der Waals surface area contributed by atoms with Gasteiger partial charge >= 0.3 is 0 Å². The second-order valence-corrected chi connectivity index (χ2v) is 5.29. The van der Waals surface area contributed by atoms with Crippen LogP contribution < -0.4 is 5.32 Å². The Bertz CT molecular complexity index is 456. The van der Waals surface area contributed by atoms with Crippen LogP contribution >= 0.6 is 0 Å². The molecule has 0 aliphatic heterocycles. The lowest BCUT2D eigenvalue weighted by molar-refractivity contribution is -0.137. The summed E-state index contributed by atoms with van der Waals surface area (Å²) in [5.74, 6) is -0.473. The van der Waals surface area contributed by atoms with Crippen molar-refractivity contribution in [1.82, 2.24) is 10.2 Å². The Morgan fingerprint density at radius 3 is 2.23 bits per heavy atom. The van der Waals surface area contributed by atoms with Gasteiger partial charge in [-0.1, -0.05) is 44.2 Å². The van der Waals surface area contributed by atoms with E-state index in [2.05, 4.69) is 5.32 Å². The van der Waals surface area contributed by atoms with Crippen molar-refractivity contribution in [2.45, 2.75) is 39.2 Å². The Morgan fingerprint density at radius 1 is 1.14 bits per heavy atom. The van der Waals surface area contributed by atoms with E-state index in [4.69, 9.17) is 0 Å². The van der Waals surface area contributed by atoms with Gasteiger partial charge in [-0.3, -0.25) is 9.59 Å². The van der Waals surface area contributed by atoms with E-state index in [9.17, 15) is 14.7 Å². The van der Waals surface area contributed by atoms with Gasteiger partial charge in [-0.15, -0.1) is 0 Å². The van der Waals surface area contributed by atoms with E-state index in [-0.39, 0.29) is 24.8 Å². The zero-order valence-electron chi connectivity index (χ0n) is 13.4. The number of hydrogen-bond acceptors (Lipinski definition) is 3. The minimum atomic E-state index is -0.866. The maximum Gasteiger partial charge on any atom is 0.247 e. The van der Waals surface area contributed by atoms with Crippen LogP contribution in [-0.4, -0.2) is 47.6 Å². The monoisotopic (exact) mass is 306 g/mol. The molecule has 0 spiro atoms. The summed E-state index contributed by atoms with van der Waals surface area (Å²) in [6.07, 6.45) is 1.90. The van der Waals surface area contributed by atoms with Gasteiger partial charge in [0.15, 0.2) is 0 Å². The summed E-state index contributed by atoms with van der Waals surface area (Å²) in [7, 11) is 0. The van der Waals surface area contributed by atoms with E-state index in [1.54, 1.807) is 4.90 Å². The Balaban J connectivity index is 2.62. The van der Waals surface area contributed by atoms with Crippen molar-refractivity contribution in [2.75, 3.05) is 19.7 Å². The van der Waals surface area contributed by atoms with E-state index in [1.807, 2.05) is 44.2 Å². The highest BCUT2D eigenvalue weighted by Gasteiger charge is 2.24. The number of carbonyl (C=O) groups is 2. The Morgan fingerprint density at radius 2 is 1.73 bits per heavy atom. The Kier molecular flexibility index (Phi) is 8.22. The van der Waals surface area contributed by atoms with Gasteiger partial charge in [0.1, 0.15) is 6.04 Å². The van der Waals surface area contributed by atoms with E-state index < -0.39 is 6.04 Å². The summed E-state index contributed by atoms with van der Waals surface area (Å²) in [6, 6.07) is 8.46. The number of hydrogen-bond donors (Lipinski definition) is 2. The first-order valence-electron chi connectivity index (χ1n) is 7.85.